The summed E-state index contributed by atoms with van der Waals surface area (Å²) in [6.07, 6.45) is 0. The highest BCUT2D eigenvalue weighted by molar-refractivity contribution is 9.10. The van der Waals surface area contributed by atoms with Crippen molar-refractivity contribution in [3.63, 3.8) is 0 Å². The van der Waals surface area contributed by atoms with Crippen LogP contribution < -0.4 is 0 Å². The van der Waals surface area contributed by atoms with Crippen LogP contribution in [0, 0.1) is 18.6 Å². The van der Waals surface area contributed by atoms with Crippen LogP contribution in [0.15, 0.2) is 28.1 Å². The molecule has 1 heterocycles. The van der Waals surface area contributed by atoms with Gasteiger partial charge in [0.2, 0.25) is 5.78 Å². The van der Waals surface area contributed by atoms with Gasteiger partial charge >= 0.3 is 0 Å². The number of hydrogen-bond donors (Lipinski definition) is 0. The lowest BCUT2D eigenvalue weighted by Crippen LogP contribution is -2.04. The molecular weight excluding hydrogens is 310 g/mol. The van der Waals surface area contributed by atoms with E-state index < -0.39 is 11.6 Å². The Morgan fingerprint density at radius 2 is 2.00 bits per heavy atom. The van der Waals surface area contributed by atoms with E-state index in [1.54, 1.807) is 12.3 Å². The van der Waals surface area contributed by atoms with Crippen LogP contribution in [0.5, 0.6) is 0 Å². The molecule has 0 fully saturated rings. The maximum absolute atomic E-state index is 13.3. The maximum Gasteiger partial charge on any atom is 0.204 e. The van der Waals surface area contributed by atoms with E-state index in [4.69, 9.17) is 0 Å². The van der Waals surface area contributed by atoms with Crippen molar-refractivity contribution in [1.29, 1.82) is 0 Å². The van der Waals surface area contributed by atoms with Gasteiger partial charge in [0, 0.05) is 5.56 Å². The number of rotatable bonds is 2. The van der Waals surface area contributed by atoms with Gasteiger partial charge in [-0.15, -0.1) is 11.3 Å². The Morgan fingerprint density at radius 3 is 2.59 bits per heavy atom. The van der Waals surface area contributed by atoms with Gasteiger partial charge in [0.05, 0.1) is 9.35 Å². The summed E-state index contributed by atoms with van der Waals surface area (Å²) in [5.41, 5.74) is 0.964. The molecule has 1 aromatic carbocycles. The number of carbonyl (C=O) groups excluding carboxylic acids is 1. The van der Waals surface area contributed by atoms with E-state index in [1.807, 2.05) is 6.07 Å². The summed E-state index contributed by atoms with van der Waals surface area (Å²) in [5, 5.41) is 1.79. The third-order valence-corrected chi connectivity index (χ3v) is 4.14. The second kappa shape index (κ2) is 4.66. The van der Waals surface area contributed by atoms with Gasteiger partial charge in [-0.05, 0) is 52.0 Å². The number of hydrogen-bond acceptors (Lipinski definition) is 2. The van der Waals surface area contributed by atoms with Crippen LogP contribution in [0.2, 0.25) is 0 Å². The molecule has 2 aromatic rings. The smallest absolute Gasteiger partial charge is 0.204 e. The van der Waals surface area contributed by atoms with Crippen molar-refractivity contribution in [2.24, 2.45) is 0 Å². The number of thiophene rings is 1. The lowest BCUT2D eigenvalue weighted by atomic mass is 10.1. The SMILES string of the molecule is Cc1ccsc1C(=O)c1ccc(F)c(F)c1Br. The zero-order valence-electron chi connectivity index (χ0n) is 8.76. The van der Waals surface area contributed by atoms with E-state index in [0.29, 0.717) is 4.88 Å². The van der Waals surface area contributed by atoms with Crippen molar-refractivity contribution in [3.05, 3.63) is 55.7 Å². The zero-order chi connectivity index (χ0) is 12.6. The number of ketones is 1. The Balaban J connectivity index is 2.53. The zero-order valence-corrected chi connectivity index (χ0v) is 11.2. The second-order valence-corrected chi connectivity index (χ2v) is 5.19. The molecule has 0 saturated heterocycles. The van der Waals surface area contributed by atoms with Crippen molar-refractivity contribution in [3.8, 4) is 0 Å². The highest BCUT2D eigenvalue weighted by atomic mass is 79.9. The summed E-state index contributed by atoms with van der Waals surface area (Å²) in [5.74, 6) is -2.32. The van der Waals surface area contributed by atoms with Crippen LogP contribution in [0.1, 0.15) is 20.8 Å². The highest BCUT2D eigenvalue weighted by Crippen LogP contribution is 2.27. The Bertz CT molecular complexity index is 592. The van der Waals surface area contributed by atoms with E-state index in [9.17, 15) is 13.6 Å². The minimum atomic E-state index is -1.04. The Morgan fingerprint density at radius 1 is 1.29 bits per heavy atom. The topological polar surface area (TPSA) is 17.1 Å². The molecule has 0 aliphatic heterocycles. The molecule has 0 atom stereocenters. The molecule has 1 nitrogen and oxygen atoms in total. The number of aryl methyl sites for hydroxylation is 1. The molecule has 0 unspecified atom stereocenters. The van der Waals surface area contributed by atoms with E-state index in [1.165, 1.54) is 17.4 Å². The van der Waals surface area contributed by atoms with Gasteiger partial charge in [-0.2, -0.15) is 0 Å². The fraction of sp³-hybridized carbons (Fsp3) is 0.0833. The Hall–Kier alpha value is -1.07. The molecular formula is C12H7BrF2OS. The number of halogens is 3. The molecule has 1 aromatic heterocycles. The summed E-state index contributed by atoms with van der Waals surface area (Å²) >= 11 is 4.20. The van der Waals surface area contributed by atoms with Gasteiger partial charge in [0.1, 0.15) is 0 Å². The standard InChI is InChI=1S/C12H7BrF2OS/c1-6-4-5-17-12(6)11(16)7-2-3-8(14)10(15)9(7)13/h2-5H,1H3. The van der Waals surface area contributed by atoms with Crippen LogP contribution in [-0.2, 0) is 0 Å². The number of benzene rings is 1. The monoisotopic (exact) mass is 316 g/mol. The molecule has 0 N–H and O–H groups in total. The van der Waals surface area contributed by atoms with Gasteiger partial charge in [-0.25, -0.2) is 8.78 Å². The van der Waals surface area contributed by atoms with Gasteiger partial charge < -0.3 is 0 Å². The summed E-state index contributed by atoms with van der Waals surface area (Å²) in [7, 11) is 0. The molecule has 0 aliphatic carbocycles. The van der Waals surface area contributed by atoms with Gasteiger partial charge in [-0.1, -0.05) is 0 Å². The van der Waals surface area contributed by atoms with Crippen molar-refractivity contribution < 1.29 is 13.6 Å². The lowest BCUT2D eigenvalue weighted by Gasteiger charge is -2.04. The summed E-state index contributed by atoms with van der Waals surface area (Å²) < 4.78 is 26.1. The van der Waals surface area contributed by atoms with E-state index in [2.05, 4.69) is 15.9 Å². The van der Waals surface area contributed by atoms with Crippen molar-refractivity contribution in [2.45, 2.75) is 6.92 Å². The molecule has 0 saturated carbocycles. The molecule has 17 heavy (non-hydrogen) atoms. The third-order valence-electron chi connectivity index (χ3n) is 2.35. The minimum Gasteiger partial charge on any atom is -0.288 e. The van der Waals surface area contributed by atoms with Crippen LogP contribution >= 0.6 is 27.3 Å². The molecule has 5 heteroatoms. The summed E-state index contributed by atoms with van der Waals surface area (Å²) in [4.78, 5) is 12.6. The van der Waals surface area contributed by atoms with Crippen LogP contribution in [0.4, 0.5) is 8.78 Å². The first-order chi connectivity index (χ1) is 8.02. The minimum absolute atomic E-state index is 0.129. The van der Waals surface area contributed by atoms with Crippen LogP contribution in [0.3, 0.4) is 0 Å². The fourth-order valence-electron chi connectivity index (χ4n) is 1.43. The Kier molecular flexibility index (Phi) is 3.40. The fourth-order valence-corrected chi connectivity index (χ4v) is 2.81. The van der Waals surface area contributed by atoms with Crippen molar-refractivity contribution in [2.75, 3.05) is 0 Å². The van der Waals surface area contributed by atoms with E-state index in [0.717, 1.165) is 11.6 Å². The van der Waals surface area contributed by atoms with Gasteiger partial charge in [0.25, 0.3) is 0 Å². The van der Waals surface area contributed by atoms with E-state index >= 15 is 0 Å². The van der Waals surface area contributed by atoms with Crippen molar-refractivity contribution in [1.82, 2.24) is 0 Å². The highest BCUT2D eigenvalue weighted by Gasteiger charge is 2.19. The average Bonchev–Trinajstić information content (AvgIpc) is 2.72. The predicted molar refractivity (Wildman–Crippen MR) is 66.5 cm³/mol. The summed E-state index contributed by atoms with van der Waals surface area (Å²) in [6.45, 7) is 1.80. The quantitative estimate of drug-likeness (QED) is 0.595. The normalized spacial score (nSPS) is 10.6. The second-order valence-electron chi connectivity index (χ2n) is 3.48. The number of carbonyl (C=O) groups is 1. The molecule has 0 amide bonds. The molecule has 0 radical (unpaired) electrons. The maximum atomic E-state index is 13.3. The van der Waals surface area contributed by atoms with Gasteiger partial charge in [-0.3, -0.25) is 4.79 Å². The molecule has 2 rings (SSSR count). The first-order valence-corrected chi connectivity index (χ1v) is 6.42. The average molecular weight is 317 g/mol. The molecule has 88 valence electrons. The first-order valence-electron chi connectivity index (χ1n) is 4.74. The van der Waals surface area contributed by atoms with Crippen LogP contribution in [-0.4, -0.2) is 5.78 Å². The van der Waals surface area contributed by atoms with Crippen LogP contribution in [0.25, 0.3) is 0 Å². The third kappa shape index (κ3) is 2.17. The first kappa shape index (κ1) is 12.4. The lowest BCUT2D eigenvalue weighted by molar-refractivity contribution is 0.104. The van der Waals surface area contributed by atoms with Crippen molar-refractivity contribution >= 4 is 33.0 Å². The largest absolute Gasteiger partial charge is 0.288 e. The Labute approximate surface area is 109 Å². The molecule has 0 spiro atoms. The van der Waals surface area contributed by atoms with E-state index in [-0.39, 0.29) is 15.8 Å². The predicted octanol–water partition coefficient (Wildman–Crippen LogP) is 4.33. The molecule has 0 aliphatic rings. The summed E-state index contributed by atoms with van der Waals surface area (Å²) in [6, 6.07) is 4.05. The molecule has 0 bridgehead atoms. The van der Waals surface area contributed by atoms with Gasteiger partial charge in [0.15, 0.2) is 11.6 Å².